The molecule has 0 atom stereocenters. The molecule has 6 rings (SSSR count). The largest absolute Gasteiger partial charge is 0.478 e. The highest BCUT2D eigenvalue weighted by Gasteiger charge is 2.13. The Labute approximate surface area is 270 Å². The van der Waals surface area contributed by atoms with Crippen molar-refractivity contribution in [1.82, 2.24) is 37.4 Å². The zero-order valence-corrected chi connectivity index (χ0v) is 26.8. The Kier molecular flexibility index (Phi) is 10.9. The number of para-hydroxylation sites is 2. The van der Waals surface area contributed by atoms with E-state index in [1.165, 1.54) is 48.0 Å². The van der Waals surface area contributed by atoms with E-state index in [1.54, 1.807) is 73.7 Å². The number of carboxylic acid groups (broad SMARTS) is 2. The molecule has 2 aromatic carbocycles. The lowest BCUT2D eigenvalue weighted by Gasteiger charge is -2.02. The number of aromatic nitrogens is 8. The molecule has 252 valence electrons. The van der Waals surface area contributed by atoms with Crippen molar-refractivity contribution in [2.24, 2.45) is 42.3 Å². The number of fused-ring (bicyclic) bond motifs is 2. The van der Waals surface area contributed by atoms with E-state index in [0.717, 1.165) is 9.13 Å². The summed E-state index contributed by atoms with van der Waals surface area (Å²) >= 11 is 0. The second-order valence-corrected chi connectivity index (χ2v) is 10.3. The van der Waals surface area contributed by atoms with Gasteiger partial charge in [-0.05, 0) is 24.3 Å². The molecular weight excluding hydrogens is 628 g/mol. The van der Waals surface area contributed by atoms with Crippen molar-refractivity contribution in [2.75, 3.05) is 11.5 Å². The fourth-order valence-corrected chi connectivity index (χ4v) is 4.33. The smallest absolute Gasteiger partial charge is 0.337 e. The number of nitrogens with two attached hydrogens (primary N) is 2. The summed E-state index contributed by atoms with van der Waals surface area (Å²) in [7, 11) is 9.55. The van der Waals surface area contributed by atoms with Gasteiger partial charge in [-0.2, -0.15) is 0 Å². The Morgan fingerprint density at radius 3 is 1.15 bits per heavy atom. The summed E-state index contributed by atoms with van der Waals surface area (Å²) in [4.78, 5) is 75.0. The predicted octanol–water partition coefficient (Wildman–Crippen LogP) is -0.125. The molecule has 6 aromatic rings. The highest BCUT2D eigenvalue weighted by molar-refractivity contribution is 5.93. The number of nitrogens with zero attached hydrogens (tertiary/aromatic N) is 8. The van der Waals surface area contributed by atoms with Crippen LogP contribution in [0.15, 0.2) is 80.4 Å². The molecule has 4 heterocycles. The first-order valence-corrected chi connectivity index (χ1v) is 13.8. The quantitative estimate of drug-likeness (QED) is 0.177. The molecule has 0 saturated heterocycles. The number of carboxylic acids is 2. The molecule has 18 nitrogen and oxygen atoms in total. The van der Waals surface area contributed by atoms with E-state index in [0.29, 0.717) is 33.7 Å². The van der Waals surface area contributed by atoms with Crippen LogP contribution >= 0.6 is 0 Å². The van der Waals surface area contributed by atoms with Gasteiger partial charge in [-0.1, -0.05) is 24.3 Å². The fourth-order valence-electron chi connectivity index (χ4n) is 4.33. The number of aryl methyl sites for hydroxylation is 4. The molecular formula is C30H34N10O8. The summed E-state index contributed by atoms with van der Waals surface area (Å²) in [5.41, 5.74) is 12.0. The van der Waals surface area contributed by atoms with Gasteiger partial charge < -0.3 is 30.8 Å². The third kappa shape index (κ3) is 7.22. The average Bonchev–Trinajstić information content (AvgIpc) is 3.64. The molecule has 0 aliphatic rings. The number of hydrogen-bond acceptors (Lipinski definition) is 10. The van der Waals surface area contributed by atoms with Crippen molar-refractivity contribution in [2.45, 2.75) is 0 Å². The number of benzene rings is 2. The van der Waals surface area contributed by atoms with Crippen molar-refractivity contribution in [3.05, 3.63) is 114 Å². The van der Waals surface area contributed by atoms with E-state index in [4.69, 9.17) is 21.7 Å². The molecule has 0 spiro atoms. The number of anilines is 2. The van der Waals surface area contributed by atoms with Crippen LogP contribution in [0.3, 0.4) is 0 Å². The molecule has 4 aromatic heterocycles. The maximum absolute atomic E-state index is 11.7. The summed E-state index contributed by atoms with van der Waals surface area (Å²) < 4.78 is 8.08. The molecule has 0 bridgehead atoms. The minimum Gasteiger partial charge on any atom is -0.478 e. The number of rotatable bonds is 2. The van der Waals surface area contributed by atoms with Crippen molar-refractivity contribution >= 4 is 45.6 Å². The fraction of sp³-hybridized carbons (Fsp3) is 0.200. The Bertz CT molecular complexity index is 2220. The van der Waals surface area contributed by atoms with E-state index < -0.39 is 11.9 Å². The highest BCUT2D eigenvalue weighted by atomic mass is 16.4. The van der Waals surface area contributed by atoms with E-state index in [9.17, 15) is 28.8 Å². The van der Waals surface area contributed by atoms with Crippen LogP contribution in [0.1, 0.15) is 20.7 Å². The zero-order chi connectivity index (χ0) is 36.0. The predicted molar refractivity (Wildman–Crippen MR) is 178 cm³/mol. The van der Waals surface area contributed by atoms with Crippen LogP contribution in [0.5, 0.6) is 0 Å². The summed E-state index contributed by atoms with van der Waals surface area (Å²) in [6.45, 7) is 0. The zero-order valence-electron chi connectivity index (χ0n) is 26.8. The van der Waals surface area contributed by atoms with Crippen LogP contribution in [0.25, 0.3) is 22.3 Å². The van der Waals surface area contributed by atoms with Gasteiger partial charge in [-0.3, -0.25) is 27.9 Å². The van der Waals surface area contributed by atoms with Crippen LogP contribution in [0, 0.1) is 0 Å². The van der Waals surface area contributed by atoms with Crippen molar-refractivity contribution < 1.29 is 19.8 Å². The minimum absolute atomic E-state index is 0.155. The van der Waals surface area contributed by atoms with Crippen LogP contribution in [-0.2, 0) is 42.3 Å². The summed E-state index contributed by atoms with van der Waals surface area (Å²) in [6, 6.07) is 12.7. The van der Waals surface area contributed by atoms with Gasteiger partial charge in [-0.15, -0.1) is 0 Å². The number of aromatic carboxylic acids is 2. The van der Waals surface area contributed by atoms with Gasteiger partial charge in [0.1, 0.15) is 0 Å². The molecule has 0 aliphatic heterocycles. The Morgan fingerprint density at radius 1 is 0.562 bits per heavy atom. The first-order chi connectivity index (χ1) is 22.5. The molecule has 0 fully saturated rings. The third-order valence-electron chi connectivity index (χ3n) is 7.02. The normalized spacial score (nSPS) is 10.3. The molecule has 48 heavy (non-hydrogen) atoms. The Balaban J connectivity index is 0.000000176. The van der Waals surface area contributed by atoms with Crippen molar-refractivity contribution in [1.29, 1.82) is 0 Å². The molecule has 0 aliphatic carbocycles. The van der Waals surface area contributed by atoms with Crippen LogP contribution < -0.4 is 34.0 Å². The molecule has 18 heteroatoms. The third-order valence-corrected chi connectivity index (χ3v) is 7.02. The summed E-state index contributed by atoms with van der Waals surface area (Å²) in [5.74, 6) is -1.98. The SMILES string of the molecule is Cn1c(=O)c2c(ncn2C)n(C)c1=O.Cn1c(=O)c2c(ncn2C)n(C)c1=O.Nc1ccccc1C(=O)O.Nc1ccccc1C(=O)O. The number of carbonyl (C=O) groups is 2. The summed E-state index contributed by atoms with van der Waals surface area (Å²) in [5, 5.41) is 17.0. The van der Waals surface area contributed by atoms with E-state index >= 15 is 0 Å². The van der Waals surface area contributed by atoms with Crippen LogP contribution in [-0.4, -0.2) is 59.5 Å². The highest BCUT2D eigenvalue weighted by Crippen LogP contribution is 2.10. The number of nitrogen functional groups attached to an aromatic ring is 2. The van der Waals surface area contributed by atoms with Crippen molar-refractivity contribution in [3.8, 4) is 0 Å². The Hall–Kier alpha value is -6.72. The minimum atomic E-state index is -0.988. The maximum Gasteiger partial charge on any atom is 0.337 e. The molecule has 0 saturated carbocycles. The van der Waals surface area contributed by atoms with Gasteiger partial charge in [0.15, 0.2) is 22.3 Å². The lowest BCUT2D eigenvalue weighted by Crippen LogP contribution is -2.37. The Morgan fingerprint density at radius 2 is 0.875 bits per heavy atom. The van der Waals surface area contributed by atoms with Crippen LogP contribution in [0.2, 0.25) is 0 Å². The topological polar surface area (TPSA) is 250 Å². The first kappa shape index (κ1) is 35.8. The average molecular weight is 663 g/mol. The number of hydrogen-bond donors (Lipinski definition) is 4. The van der Waals surface area contributed by atoms with E-state index in [2.05, 4.69) is 9.97 Å². The lowest BCUT2D eigenvalue weighted by molar-refractivity contribution is 0.0687. The van der Waals surface area contributed by atoms with Gasteiger partial charge in [0, 0.05) is 53.7 Å². The standard InChI is InChI=1S/2C8H10N4O2.2C7H7NO2/c2*1-10-4-9-6-5(10)7(13)12(3)8(14)11(6)2;2*8-6-4-2-1-3-5(6)7(9)10/h2*4H,1-3H3;2*1-4H,8H2,(H,9,10). The maximum atomic E-state index is 11.7. The van der Waals surface area contributed by atoms with Gasteiger partial charge in [0.05, 0.1) is 23.8 Å². The van der Waals surface area contributed by atoms with Gasteiger partial charge in [0.25, 0.3) is 11.1 Å². The van der Waals surface area contributed by atoms with Gasteiger partial charge >= 0.3 is 23.3 Å². The monoisotopic (exact) mass is 662 g/mol. The molecule has 0 radical (unpaired) electrons. The molecule has 0 amide bonds. The lowest BCUT2D eigenvalue weighted by atomic mass is 10.2. The van der Waals surface area contributed by atoms with Gasteiger partial charge in [0.2, 0.25) is 0 Å². The van der Waals surface area contributed by atoms with Crippen molar-refractivity contribution in [3.63, 3.8) is 0 Å². The first-order valence-electron chi connectivity index (χ1n) is 13.8. The van der Waals surface area contributed by atoms with Gasteiger partial charge in [-0.25, -0.2) is 29.1 Å². The van der Waals surface area contributed by atoms with E-state index in [-0.39, 0.29) is 33.6 Å². The second-order valence-electron chi connectivity index (χ2n) is 10.3. The van der Waals surface area contributed by atoms with E-state index in [1.807, 2.05) is 0 Å². The molecule has 6 N–H and O–H groups in total. The number of imidazole rings is 2. The summed E-state index contributed by atoms with van der Waals surface area (Å²) in [6.07, 6.45) is 3.04. The molecule has 0 unspecified atom stereocenters. The van der Waals surface area contributed by atoms with Crippen LogP contribution in [0.4, 0.5) is 11.4 Å². The second kappa shape index (κ2) is 14.6.